The van der Waals surface area contributed by atoms with Crippen molar-refractivity contribution in [3.63, 3.8) is 0 Å². The highest BCUT2D eigenvalue weighted by Gasteiger charge is 2.16. The van der Waals surface area contributed by atoms with Gasteiger partial charge in [0.15, 0.2) is 0 Å². The second kappa shape index (κ2) is 6.70. The SMILES string of the molecule is O=C(Nc1nnc(-c2cc(Cl)ccc2Cl)o1)c1ccccc1Br. The average Bonchev–Trinajstić information content (AvgIpc) is 2.98. The standard InChI is InChI=1S/C15H8BrCl2N3O2/c16-11-4-2-1-3-9(11)13(22)19-15-21-20-14(23-15)10-7-8(17)5-6-12(10)18/h1-7H,(H,19,21,22). The van der Waals surface area contributed by atoms with Crippen molar-refractivity contribution in [3.05, 3.63) is 62.5 Å². The zero-order valence-corrected chi connectivity index (χ0v) is 14.5. The van der Waals surface area contributed by atoms with Crippen LogP contribution in [0.1, 0.15) is 10.4 Å². The first kappa shape index (κ1) is 16.0. The Hall–Kier alpha value is -1.89. The first-order chi connectivity index (χ1) is 11.0. The topological polar surface area (TPSA) is 68.0 Å². The lowest BCUT2D eigenvalue weighted by atomic mass is 10.2. The molecule has 0 aliphatic heterocycles. The monoisotopic (exact) mass is 411 g/mol. The molecule has 0 bridgehead atoms. The van der Waals surface area contributed by atoms with Crippen molar-refractivity contribution in [1.82, 2.24) is 10.2 Å². The van der Waals surface area contributed by atoms with Gasteiger partial charge >= 0.3 is 6.01 Å². The molecule has 0 fully saturated rings. The van der Waals surface area contributed by atoms with Crippen LogP contribution in [0.4, 0.5) is 6.01 Å². The number of hydrogen-bond acceptors (Lipinski definition) is 4. The number of amides is 1. The van der Waals surface area contributed by atoms with Gasteiger partial charge in [0.25, 0.3) is 11.8 Å². The lowest BCUT2D eigenvalue weighted by molar-refractivity contribution is 0.102. The summed E-state index contributed by atoms with van der Waals surface area (Å²) < 4.78 is 6.09. The summed E-state index contributed by atoms with van der Waals surface area (Å²) in [5, 5.41) is 11.1. The van der Waals surface area contributed by atoms with Gasteiger partial charge in [0.05, 0.1) is 16.1 Å². The molecule has 0 aliphatic rings. The molecule has 116 valence electrons. The van der Waals surface area contributed by atoms with Crippen molar-refractivity contribution >= 4 is 51.1 Å². The number of anilines is 1. The van der Waals surface area contributed by atoms with E-state index in [2.05, 4.69) is 31.4 Å². The van der Waals surface area contributed by atoms with Crippen LogP contribution in [0.25, 0.3) is 11.5 Å². The minimum Gasteiger partial charge on any atom is -0.403 e. The molecule has 0 saturated carbocycles. The molecule has 0 radical (unpaired) electrons. The van der Waals surface area contributed by atoms with Gasteiger partial charge < -0.3 is 4.42 Å². The van der Waals surface area contributed by atoms with E-state index in [1.165, 1.54) is 0 Å². The summed E-state index contributed by atoms with van der Waals surface area (Å²) in [7, 11) is 0. The fourth-order valence-electron chi connectivity index (χ4n) is 1.85. The van der Waals surface area contributed by atoms with Crippen LogP contribution in [0.3, 0.4) is 0 Å². The number of benzene rings is 2. The van der Waals surface area contributed by atoms with Crippen LogP contribution in [0, 0.1) is 0 Å². The maximum absolute atomic E-state index is 12.2. The van der Waals surface area contributed by atoms with Crippen molar-refractivity contribution in [3.8, 4) is 11.5 Å². The van der Waals surface area contributed by atoms with Gasteiger partial charge in [-0.05, 0) is 46.3 Å². The summed E-state index contributed by atoms with van der Waals surface area (Å²) in [5.74, 6) is -0.204. The predicted molar refractivity (Wildman–Crippen MR) is 91.8 cm³/mol. The van der Waals surface area contributed by atoms with E-state index >= 15 is 0 Å². The van der Waals surface area contributed by atoms with Crippen LogP contribution in [0.5, 0.6) is 0 Å². The highest BCUT2D eigenvalue weighted by molar-refractivity contribution is 9.10. The van der Waals surface area contributed by atoms with E-state index in [9.17, 15) is 4.79 Å². The second-order valence-corrected chi connectivity index (χ2v) is 6.17. The highest BCUT2D eigenvalue weighted by Crippen LogP contribution is 2.30. The molecule has 0 atom stereocenters. The fourth-order valence-corrected chi connectivity index (χ4v) is 2.69. The number of hydrogen-bond donors (Lipinski definition) is 1. The van der Waals surface area contributed by atoms with E-state index in [1.54, 1.807) is 36.4 Å². The Kier molecular flexibility index (Phi) is 4.66. The highest BCUT2D eigenvalue weighted by atomic mass is 79.9. The Morgan fingerprint density at radius 2 is 1.91 bits per heavy atom. The first-order valence-electron chi connectivity index (χ1n) is 6.39. The van der Waals surface area contributed by atoms with Gasteiger partial charge in [0.1, 0.15) is 0 Å². The largest absolute Gasteiger partial charge is 0.403 e. The van der Waals surface area contributed by atoms with E-state index in [0.29, 0.717) is 25.6 Å². The minimum absolute atomic E-state index is 0.0307. The molecule has 0 spiro atoms. The number of nitrogens with one attached hydrogen (secondary N) is 1. The summed E-state index contributed by atoms with van der Waals surface area (Å²) in [5.41, 5.74) is 0.945. The number of aromatic nitrogens is 2. The van der Waals surface area contributed by atoms with Crippen LogP contribution in [0.15, 0.2) is 51.4 Å². The normalized spacial score (nSPS) is 10.6. The van der Waals surface area contributed by atoms with Gasteiger partial charge in [-0.2, -0.15) is 0 Å². The number of carbonyl (C=O) groups is 1. The molecule has 1 amide bonds. The van der Waals surface area contributed by atoms with Gasteiger partial charge in [0, 0.05) is 9.50 Å². The van der Waals surface area contributed by atoms with Crippen molar-refractivity contribution < 1.29 is 9.21 Å². The molecule has 1 heterocycles. The van der Waals surface area contributed by atoms with Crippen molar-refractivity contribution in [1.29, 1.82) is 0 Å². The summed E-state index contributed by atoms with van der Waals surface area (Å²) >= 11 is 15.3. The van der Waals surface area contributed by atoms with Crippen LogP contribution in [0.2, 0.25) is 10.0 Å². The molecule has 8 heteroatoms. The van der Waals surface area contributed by atoms with Gasteiger partial charge in [-0.3, -0.25) is 10.1 Å². The third-order valence-corrected chi connectivity index (χ3v) is 4.18. The van der Waals surface area contributed by atoms with E-state index < -0.39 is 0 Å². The first-order valence-corrected chi connectivity index (χ1v) is 7.94. The Bertz CT molecular complexity index is 883. The molecule has 0 saturated heterocycles. The molecule has 23 heavy (non-hydrogen) atoms. The maximum atomic E-state index is 12.2. The van der Waals surface area contributed by atoms with Gasteiger partial charge in [-0.1, -0.05) is 40.4 Å². The van der Waals surface area contributed by atoms with E-state index in [0.717, 1.165) is 0 Å². The molecule has 3 rings (SSSR count). The molecule has 5 nitrogen and oxygen atoms in total. The molecule has 1 N–H and O–H groups in total. The summed E-state index contributed by atoms with van der Waals surface area (Å²) in [6.45, 7) is 0. The zero-order valence-electron chi connectivity index (χ0n) is 11.4. The molecule has 1 aromatic heterocycles. The lowest BCUT2D eigenvalue weighted by Gasteiger charge is -2.02. The van der Waals surface area contributed by atoms with Gasteiger partial charge in [-0.15, -0.1) is 5.10 Å². The average molecular weight is 413 g/mol. The van der Waals surface area contributed by atoms with Crippen molar-refractivity contribution in [2.75, 3.05) is 5.32 Å². The van der Waals surface area contributed by atoms with E-state index in [-0.39, 0.29) is 17.8 Å². The van der Waals surface area contributed by atoms with Gasteiger partial charge in [0.2, 0.25) is 0 Å². The molecular weight excluding hydrogens is 405 g/mol. The molecule has 3 aromatic rings. The Morgan fingerprint density at radius 1 is 1.13 bits per heavy atom. The summed E-state index contributed by atoms with van der Waals surface area (Å²) in [4.78, 5) is 12.2. The summed E-state index contributed by atoms with van der Waals surface area (Å²) in [6, 6.07) is 11.9. The van der Waals surface area contributed by atoms with Crippen LogP contribution in [-0.2, 0) is 0 Å². The zero-order chi connectivity index (χ0) is 16.4. The number of rotatable bonds is 3. The number of nitrogens with zero attached hydrogens (tertiary/aromatic N) is 2. The van der Waals surface area contributed by atoms with Crippen molar-refractivity contribution in [2.45, 2.75) is 0 Å². The number of halogens is 3. The Labute approximate surface area is 149 Å². The smallest absolute Gasteiger partial charge is 0.322 e. The number of carbonyl (C=O) groups excluding carboxylic acids is 1. The molecular formula is C15H8BrCl2N3O2. The lowest BCUT2D eigenvalue weighted by Crippen LogP contribution is -2.12. The third kappa shape index (κ3) is 3.55. The molecule has 0 aliphatic carbocycles. The maximum Gasteiger partial charge on any atom is 0.322 e. The predicted octanol–water partition coefficient (Wildman–Crippen LogP) is 5.06. The van der Waals surface area contributed by atoms with Crippen LogP contribution in [-0.4, -0.2) is 16.1 Å². The fraction of sp³-hybridized carbons (Fsp3) is 0. The van der Waals surface area contributed by atoms with E-state index in [1.807, 2.05) is 6.07 Å². The minimum atomic E-state index is -0.370. The van der Waals surface area contributed by atoms with Crippen LogP contribution >= 0.6 is 39.1 Å². The summed E-state index contributed by atoms with van der Waals surface area (Å²) in [6.07, 6.45) is 0. The Morgan fingerprint density at radius 3 is 2.70 bits per heavy atom. The Balaban J connectivity index is 1.84. The third-order valence-electron chi connectivity index (χ3n) is 2.92. The molecule has 2 aromatic carbocycles. The van der Waals surface area contributed by atoms with E-state index in [4.69, 9.17) is 27.6 Å². The van der Waals surface area contributed by atoms with Crippen molar-refractivity contribution in [2.24, 2.45) is 0 Å². The molecule has 0 unspecified atom stereocenters. The quantitative estimate of drug-likeness (QED) is 0.652. The second-order valence-electron chi connectivity index (χ2n) is 4.47. The van der Waals surface area contributed by atoms with Crippen LogP contribution < -0.4 is 5.32 Å². The van der Waals surface area contributed by atoms with Gasteiger partial charge in [-0.25, -0.2) is 0 Å².